The van der Waals surface area contributed by atoms with Crippen LogP contribution in [0.5, 0.6) is 0 Å². The number of thiazole rings is 1. The smallest absolute Gasteiger partial charge is 0.274 e. The van der Waals surface area contributed by atoms with Gasteiger partial charge in [0.05, 0.1) is 26.5 Å². The SMILES string of the molecule is Cc1cccc(-c2sc(C)nc2C(=O)N2C[C@H]3C[C@H]3[C@H]2CNC(=O)c2ccc(Cl)cc2Cl)c1. The Morgan fingerprint density at radius 2 is 2.00 bits per heavy atom. The lowest BCUT2D eigenvalue weighted by molar-refractivity contribution is 0.0690. The van der Waals surface area contributed by atoms with Crippen molar-refractivity contribution in [2.45, 2.75) is 26.3 Å². The first-order chi connectivity index (χ1) is 15.8. The van der Waals surface area contributed by atoms with Gasteiger partial charge in [-0.3, -0.25) is 9.59 Å². The molecule has 3 aromatic rings. The Hall–Kier alpha value is -2.41. The summed E-state index contributed by atoms with van der Waals surface area (Å²) in [6.07, 6.45) is 1.09. The number of benzene rings is 2. The zero-order valence-corrected chi connectivity index (χ0v) is 20.6. The van der Waals surface area contributed by atoms with Crippen LogP contribution in [-0.2, 0) is 0 Å². The molecule has 0 unspecified atom stereocenters. The molecule has 1 saturated heterocycles. The highest BCUT2D eigenvalue weighted by Crippen LogP contribution is 2.50. The van der Waals surface area contributed by atoms with Crippen molar-refractivity contribution in [2.24, 2.45) is 11.8 Å². The fourth-order valence-corrected chi connectivity index (χ4v) is 6.12. The Balaban J connectivity index is 1.35. The van der Waals surface area contributed by atoms with Gasteiger partial charge in [-0.2, -0.15) is 0 Å². The van der Waals surface area contributed by atoms with Crippen LogP contribution in [0.25, 0.3) is 10.4 Å². The van der Waals surface area contributed by atoms with Gasteiger partial charge in [0.2, 0.25) is 0 Å². The number of rotatable bonds is 5. The van der Waals surface area contributed by atoms with Gasteiger partial charge < -0.3 is 10.2 Å². The van der Waals surface area contributed by atoms with Gasteiger partial charge in [0.25, 0.3) is 11.8 Å². The molecule has 2 fully saturated rings. The minimum atomic E-state index is -0.266. The monoisotopic (exact) mass is 499 g/mol. The highest BCUT2D eigenvalue weighted by atomic mass is 35.5. The molecule has 1 N–H and O–H groups in total. The van der Waals surface area contributed by atoms with Crippen LogP contribution in [0.1, 0.15) is 37.8 Å². The highest BCUT2D eigenvalue weighted by molar-refractivity contribution is 7.15. The first-order valence-electron chi connectivity index (χ1n) is 10.9. The van der Waals surface area contributed by atoms with Crippen molar-refractivity contribution in [2.75, 3.05) is 13.1 Å². The maximum absolute atomic E-state index is 13.6. The van der Waals surface area contributed by atoms with Gasteiger partial charge in [0, 0.05) is 18.1 Å². The number of aryl methyl sites for hydroxylation is 2. The van der Waals surface area contributed by atoms with E-state index in [9.17, 15) is 9.59 Å². The third-order valence-corrected chi connectivity index (χ3v) is 8.00. The zero-order valence-electron chi connectivity index (χ0n) is 18.3. The maximum Gasteiger partial charge on any atom is 0.274 e. The standard InChI is InChI=1S/C25H23Cl2N3O2S/c1-13-4-3-5-15(8-13)23-22(29-14(2)33-23)25(32)30-12-16-9-19(16)21(30)11-28-24(31)18-7-6-17(26)10-20(18)27/h3-8,10,16,19,21H,9,11-12H2,1-2H3,(H,28,31)/t16-,19-,21-/m1/s1. The largest absolute Gasteiger partial charge is 0.350 e. The summed E-state index contributed by atoms with van der Waals surface area (Å²) in [6, 6.07) is 12.9. The third kappa shape index (κ3) is 4.39. The Morgan fingerprint density at radius 3 is 2.76 bits per heavy atom. The van der Waals surface area contributed by atoms with Crippen LogP contribution in [0.2, 0.25) is 10.0 Å². The van der Waals surface area contributed by atoms with E-state index >= 15 is 0 Å². The Labute approximate surface area is 206 Å². The molecule has 2 aliphatic rings. The predicted molar refractivity (Wildman–Crippen MR) is 132 cm³/mol. The number of hydrogen-bond donors (Lipinski definition) is 1. The van der Waals surface area contributed by atoms with Crippen LogP contribution >= 0.6 is 34.5 Å². The summed E-state index contributed by atoms with van der Waals surface area (Å²) in [7, 11) is 0. The number of carbonyl (C=O) groups is 2. The minimum Gasteiger partial charge on any atom is -0.350 e. The Morgan fingerprint density at radius 1 is 1.18 bits per heavy atom. The first-order valence-corrected chi connectivity index (χ1v) is 12.5. The third-order valence-electron chi connectivity index (χ3n) is 6.43. The molecule has 2 aromatic carbocycles. The molecule has 33 heavy (non-hydrogen) atoms. The molecule has 0 spiro atoms. The van der Waals surface area contributed by atoms with Crippen LogP contribution in [0.15, 0.2) is 42.5 Å². The molecule has 170 valence electrons. The summed E-state index contributed by atoms with van der Waals surface area (Å²) in [6.45, 7) is 5.05. The zero-order chi connectivity index (χ0) is 23.3. The van der Waals surface area contributed by atoms with E-state index in [-0.39, 0.29) is 17.9 Å². The second-order valence-corrected chi connectivity index (χ2v) is 10.8. The number of likely N-dealkylation sites (tertiary alicyclic amines) is 1. The maximum atomic E-state index is 13.6. The molecule has 0 bridgehead atoms. The van der Waals surface area contributed by atoms with E-state index in [1.807, 2.05) is 36.9 Å². The van der Waals surface area contributed by atoms with E-state index in [0.29, 0.717) is 46.2 Å². The quantitative estimate of drug-likeness (QED) is 0.495. The van der Waals surface area contributed by atoms with Gasteiger partial charge in [0.15, 0.2) is 0 Å². The molecule has 5 rings (SSSR count). The molecule has 8 heteroatoms. The molecule has 2 amide bonds. The molecule has 1 aliphatic heterocycles. The average Bonchev–Trinajstić information content (AvgIpc) is 3.28. The second kappa shape index (κ2) is 8.75. The fourth-order valence-electron chi connectivity index (χ4n) is 4.72. The first kappa shape index (κ1) is 22.4. The molecule has 2 heterocycles. The predicted octanol–water partition coefficient (Wildman–Crippen LogP) is 5.62. The van der Waals surface area contributed by atoms with Crippen molar-refractivity contribution in [3.8, 4) is 10.4 Å². The molecule has 0 radical (unpaired) electrons. The lowest BCUT2D eigenvalue weighted by Crippen LogP contribution is -2.45. The summed E-state index contributed by atoms with van der Waals surface area (Å²) >= 11 is 13.7. The van der Waals surface area contributed by atoms with E-state index in [2.05, 4.69) is 16.4 Å². The van der Waals surface area contributed by atoms with E-state index in [1.165, 1.54) is 0 Å². The van der Waals surface area contributed by atoms with Crippen LogP contribution in [-0.4, -0.2) is 40.8 Å². The van der Waals surface area contributed by atoms with E-state index in [4.69, 9.17) is 23.2 Å². The summed E-state index contributed by atoms with van der Waals surface area (Å²) in [5.41, 5.74) is 3.03. The number of halogens is 2. The molecular formula is C25H23Cl2N3O2S. The number of nitrogens with one attached hydrogen (secondary N) is 1. The summed E-state index contributed by atoms with van der Waals surface area (Å²) in [5, 5.41) is 4.63. The van der Waals surface area contributed by atoms with Gasteiger partial charge in [0.1, 0.15) is 5.69 Å². The Kier molecular flexibility index (Phi) is 5.93. The molecule has 5 nitrogen and oxygen atoms in total. The normalized spacial score (nSPS) is 21.1. The lowest BCUT2D eigenvalue weighted by atomic mass is 10.1. The average molecular weight is 500 g/mol. The van der Waals surface area contributed by atoms with E-state index in [0.717, 1.165) is 27.4 Å². The number of fused-ring (bicyclic) bond motifs is 1. The van der Waals surface area contributed by atoms with Crippen molar-refractivity contribution in [3.05, 3.63) is 74.3 Å². The van der Waals surface area contributed by atoms with Crippen molar-refractivity contribution < 1.29 is 9.59 Å². The molecule has 1 aliphatic carbocycles. The summed E-state index contributed by atoms with van der Waals surface area (Å²) in [5.74, 6) is 0.583. The summed E-state index contributed by atoms with van der Waals surface area (Å²) in [4.78, 5) is 33.8. The van der Waals surface area contributed by atoms with Gasteiger partial charge in [-0.15, -0.1) is 11.3 Å². The number of aromatic nitrogens is 1. The number of hydrogen-bond acceptors (Lipinski definition) is 4. The second-order valence-electron chi connectivity index (χ2n) is 8.80. The van der Waals surface area contributed by atoms with Gasteiger partial charge >= 0.3 is 0 Å². The van der Waals surface area contributed by atoms with Crippen molar-refractivity contribution >= 4 is 46.4 Å². The van der Waals surface area contributed by atoms with Crippen molar-refractivity contribution in [1.29, 1.82) is 0 Å². The van der Waals surface area contributed by atoms with Gasteiger partial charge in [-0.05, 0) is 55.9 Å². The fraction of sp³-hybridized carbons (Fsp3) is 0.320. The molecule has 1 aromatic heterocycles. The van der Waals surface area contributed by atoms with Gasteiger partial charge in [-0.1, -0.05) is 53.0 Å². The van der Waals surface area contributed by atoms with Crippen LogP contribution < -0.4 is 5.32 Å². The Bertz CT molecular complexity index is 1260. The summed E-state index contributed by atoms with van der Waals surface area (Å²) < 4.78 is 0. The topological polar surface area (TPSA) is 62.3 Å². The minimum absolute atomic E-state index is 0.0510. The number of amides is 2. The number of nitrogens with zero attached hydrogens (tertiary/aromatic N) is 2. The van der Waals surface area contributed by atoms with Crippen molar-refractivity contribution in [1.82, 2.24) is 15.2 Å². The van der Waals surface area contributed by atoms with Crippen LogP contribution in [0.4, 0.5) is 0 Å². The lowest BCUT2D eigenvalue weighted by Gasteiger charge is -2.27. The molecule has 1 saturated carbocycles. The molecular weight excluding hydrogens is 477 g/mol. The van der Waals surface area contributed by atoms with Crippen LogP contribution in [0, 0.1) is 25.7 Å². The molecule has 3 atom stereocenters. The highest BCUT2D eigenvalue weighted by Gasteiger charge is 2.54. The van der Waals surface area contributed by atoms with Crippen LogP contribution in [0.3, 0.4) is 0 Å². The van der Waals surface area contributed by atoms with Crippen molar-refractivity contribution in [3.63, 3.8) is 0 Å². The van der Waals surface area contributed by atoms with E-state index in [1.54, 1.807) is 29.5 Å². The van der Waals surface area contributed by atoms with Gasteiger partial charge in [-0.25, -0.2) is 4.98 Å². The van der Waals surface area contributed by atoms with E-state index < -0.39 is 0 Å². The number of piperidine rings is 1. The number of carbonyl (C=O) groups excluding carboxylic acids is 2.